The topological polar surface area (TPSA) is 46.9 Å². The molecule has 0 bridgehead atoms. The summed E-state index contributed by atoms with van der Waals surface area (Å²) in [6.07, 6.45) is 4.43. The summed E-state index contributed by atoms with van der Waals surface area (Å²) in [5, 5.41) is 2.89. The van der Waals surface area contributed by atoms with Crippen molar-refractivity contribution < 1.29 is 4.79 Å². The number of rotatable bonds is 4. The summed E-state index contributed by atoms with van der Waals surface area (Å²) >= 11 is 0. The van der Waals surface area contributed by atoms with Crippen LogP contribution in [-0.4, -0.2) is 15.5 Å². The fraction of sp³-hybridized carbons (Fsp3) is 0.636. The van der Waals surface area contributed by atoms with Gasteiger partial charge in [-0.15, -0.1) is 0 Å². The number of carbonyl (C=O) groups excluding carboxylic acids is 1. The highest BCUT2D eigenvalue weighted by molar-refractivity contribution is 5.81. The van der Waals surface area contributed by atoms with Crippen LogP contribution in [-0.2, 0) is 18.4 Å². The molecule has 84 valence electrons. The summed E-state index contributed by atoms with van der Waals surface area (Å²) in [5.74, 6) is 0.947. The second-order valence-corrected chi connectivity index (χ2v) is 4.37. The van der Waals surface area contributed by atoms with Crippen LogP contribution in [0.25, 0.3) is 0 Å². The zero-order chi connectivity index (χ0) is 11.5. The molecule has 0 unspecified atom stereocenters. The smallest absolute Gasteiger partial charge is 0.226 e. The highest BCUT2D eigenvalue weighted by Gasteiger charge is 2.24. The second kappa shape index (κ2) is 4.47. The maximum Gasteiger partial charge on any atom is 0.226 e. The van der Waals surface area contributed by atoms with Gasteiger partial charge >= 0.3 is 0 Å². The lowest BCUT2D eigenvalue weighted by molar-refractivity contribution is -0.129. The lowest BCUT2D eigenvalue weighted by Crippen LogP contribution is -2.36. The van der Waals surface area contributed by atoms with Gasteiger partial charge in [-0.05, 0) is 6.42 Å². The van der Waals surface area contributed by atoms with Gasteiger partial charge in [0.05, 0.1) is 6.54 Å². The lowest BCUT2D eigenvalue weighted by Gasteiger charge is -2.21. The first kappa shape index (κ1) is 11.8. The van der Waals surface area contributed by atoms with Crippen molar-refractivity contribution in [1.82, 2.24) is 14.9 Å². The highest BCUT2D eigenvalue weighted by atomic mass is 16.2. The van der Waals surface area contributed by atoms with Crippen LogP contribution in [0.4, 0.5) is 0 Å². The third kappa shape index (κ3) is 2.81. The van der Waals surface area contributed by atoms with Gasteiger partial charge in [0.15, 0.2) is 0 Å². The van der Waals surface area contributed by atoms with Crippen molar-refractivity contribution >= 4 is 5.91 Å². The molecular formula is C11H19N3O. The van der Waals surface area contributed by atoms with Gasteiger partial charge in [0.25, 0.3) is 0 Å². The molecule has 0 spiro atoms. The second-order valence-electron chi connectivity index (χ2n) is 4.37. The summed E-state index contributed by atoms with van der Waals surface area (Å²) in [7, 11) is 1.92. The Labute approximate surface area is 90.7 Å². The van der Waals surface area contributed by atoms with Crippen LogP contribution in [0.3, 0.4) is 0 Å². The summed E-state index contributed by atoms with van der Waals surface area (Å²) in [5.41, 5.74) is -0.300. The van der Waals surface area contributed by atoms with Crippen LogP contribution < -0.4 is 5.32 Å². The molecule has 0 saturated heterocycles. The third-order valence-electron chi connectivity index (χ3n) is 2.83. The Hall–Kier alpha value is -1.32. The monoisotopic (exact) mass is 209 g/mol. The molecule has 15 heavy (non-hydrogen) atoms. The molecule has 1 heterocycles. The van der Waals surface area contributed by atoms with Gasteiger partial charge in [-0.1, -0.05) is 20.8 Å². The molecule has 0 saturated carbocycles. The average Bonchev–Trinajstić information content (AvgIpc) is 2.60. The first-order chi connectivity index (χ1) is 6.97. The minimum atomic E-state index is -0.300. The Morgan fingerprint density at radius 1 is 1.60 bits per heavy atom. The number of carbonyl (C=O) groups is 1. The third-order valence-corrected chi connectivity index (χ3v) is 2.83. The molecule has 4 nitrogen and oxygen atoms in total. The van der Waals surface area contributed by atoms with E-state index in [0.29, 0.717) is 6.54 Å². The van der Waals surface area contributed by atoms with E-state index < -0.39 is 0 Å². The van der Waals surface area contributed by atoms with Crippen molar-refractivity contribution in [2.24, 2.45) is 12.5 Å². The Balaban J connectivity index is 2.52. The van der Waals surface area contributed by atoms with E-state index in [9.17, 15) is 4.79 Å². The predicted molar refractivity (Wildman–Crippen MR) is 59.1 cm³/mol. The molecule has 0 aliphatic heterocycles. The van der Waals surface area contributed by atoms with E-state index >= 15 is 0 Å². The van der Waals surface area contributed by atoms with E-state index in [1.54, 1.807) is 6.20 Å². The van der Waals surface area contributed by atoms with Crippen molar-refractivity contribution in [3.63, 3.8) is 0 Å². The number of nitrogens with zero attached hydrogens (tertiary/aromatic N) is 2. The molecule has 1 aromatic heterocycles. The van der Waals surface area contributed by atoms with E-state index in [0.717, 1.165) is 12.2 Å². The molecule has 0 aliphatic carbocycles. The maximum absolute atomic E-state index is 11.8. The van der Waals surface area contributed by atoms with Gasteiger partial charge in [0.2, 0.25) is 5.91 Å². The molecule has 0 atom stereocenters. The largest absolute Gasteiger partial charge is 0.348 e. The Morgan fingerprint density at radius 3 is 2.73 bits per heavy atom. The van der Waals surface area contributed by atoms with E-state index in [-0.39, 0.29) is 11.3 Å². The predicted octanol–water partition coefficient (Wildman–Crippen LogP) is 1.47. The van der Waals surface area contributed by atoms with Crippen LogP contribution >= 0.6 is 0 Å². The molecule has 1 amide bonds. The van der Waals surface area contributed by atoms with Gasteiger partial charge < -0.3 is 9.88 Å². The van der Waals surface area contributed by atoms with Gasteiger partial charge in [-0.2, -0.15) is 0 Å². The van der Waals surface area contributed by atoms with Crippen molar-refractivity contribution in [3.8, 4) is 0 Å². The van der Waals surface area contributed by atoms with Gasteiger partial charge in [-0.25, -0.2) is 4.98 Å². The molecule has 4 heteroatoms. The SMILES string of the molecule is CCC(C)(C)C(=O)NCc1nccn1C. The van der Waals surface area contributed by atoms with Gasteiger partial charge in [-0.3, -0.25) is 4.79 Å². The summed E-state index contributed by atoms with van der Waals surface area (Å²) < 4.78 is 1.90. The minimum Gasteiger partial charge on any atom is -0.348 e. The number of imidazole rings is 1. The van der Waals surface area contributed by atoms with Crippen molar-refractivity contribution in [2.45, 2.75) is 33.7 Å². The number of aryl methyl sites for hydroxylation is 1. The molecular weight excluding hydrogens is 190 g/mol. The van der Waals surface area contributed by atoms with Gasteiger partial charge in [0, 0.05) is 24.9 Å². The molecule has 0 radical (unpaired) electrons. The van der Waals surface area contributed by atoms with Gasteiger partial charge in [0.1, 0.15) is 5.82 Å². The van der Waals surface area contributed by atoms with E-state index in [2.05, 4.69) is 10.3 Å². The fourth-order valence-electron chi connectivity index (χ4n) is 1.13. The number of hydrogen-bond acceptors (Lipinski definition) is 2. The molecule has 1 N–H and O–H groups in total. The quantitative estimate of drug-likeness (QED) is 0.816. The Bertz CT molecular complexity index is 341. The molecule has 0 aliphatic rings. The summed E-state index contributed by atoms with van der Waals surface area (Å²) in [4.78, 5) is 15.9. The van der Waals surface area contributed by atoms with E-state index in [4.69, 9.17) is 0 Å². The van der Waals surface area contributed by atoms with Crippen LogP contribution in [0, 0.1) is 5.41 Å². The van der Waals surface area contributed by atoms with Crippen LogP contribution in [0.5, 0.6) is 0 Å². The standard InChI is InChI=1S/C11H19N3O/c1-5-11(2,3)10(15)13-8-9-12-6-7-14(9)4/h6-7H,5,8H2,1-4H3,(H,13,15). The Kier molecular flexibility index (Phi) is 3.50. The van der Waals surface area contributed by atoms with Crippen LogP contribution in [0.1, 0.15) is 33.0 Å². The molecule has 0 aromatic carbocycles. The van der Waals surface area contributed by atoms with E-state index in [1.165, 1.54) is 0 Å². The fourth-order valence-corrected chi connectivity index (χ4v) is 1.13. The maximum atomic E-state index is 11.8. The van der Waals surface area contributed by atoms with Crippen LogP contribution in [0.15, 0.2) is 12.4 Å². The Morgan fingerprint density at radius 2 is 2.27 bits per heavy atom. The zero-order valence-electron chi connectivity index (χ0n) is 9.87. The minimum absolute atomic E-state index is 0.0769. The number of nitrogens with one attached hydrogen (secondary N) is 1. The first-order valence-corrected chi connectivity index (χ1v) is 5.22. The summed E-state index contributed by atoms with van der Waals surface area (Å²) in [6.45, 7) is 6.40. The van der Waals surface area contributed by atoms with Crippen molar-refractivity contribution in [2.75, 3.05) is 0 Å². The normalized spacial score (nSPS) is 11.5. The lowest BCUT2D eigenvalue weighted by atomic mass is 9.89. The van der Waals surface area contributed by atoms with E-state index in [1.807, 2.05) is 38.6 Å². The van der Waals surface area contributed by atoms with Crippen molar-refractivity contribution in [3.05, 3.63) is 18.2 Å². The number of amides is 1. The zero-order valence-corrected chi connectivity index (χ0v) is 9.87. The molecule has 0 fully saturated rings. The average molecular weight is 209 g/mol. The molecule has 1 rings (SSSR count). The summed E-state index contributed by atoms with van der Waals surface area (Å²) in [6, 6.07) is 0. The van der Waals surface area contributed by atoms with Crippen LogP contribution in [0.2, 0.25) is 0 Å². The first-order valence-electron chi connectivity index (χ1n) is 5.22. The number of hydrogen-bond donors (Lipinski definition) is 1. The van der Waals surface area contributed by atoms with Crippen molar-refractivity contribution in [1.29, 1.82) is 0 Å². The highest BCUT2D eigenvalue weighted by Crippen LogP contribution is 2.19. The molecule has 1 aromatic rings. The number of aromatic nitrogens is 2.